The number of aromatic nitrogens is 2. The van der Waals surface area contributed by atoms with Gasteiger partial charge in [0.1, 0.15) is 0 Å². The number of carbonyl (C=O) groups is 1. The molecule has 3 rings (SSSR count). The molecule has 22 heavy (non-hydrogen) atoms. The van der Waals surface area contributed by atoms with Crippen molar-refractivity contribution in [3.63, 3.8) is 0 Å². The summed E-state index contributed by atoms with van der Waals surface area (Å²) in [6.45, 7) is 6.50. The van der Waals surface area contributed by atoms with Gasteiger partial charge in [0.2, 0.25) is 11.8 Å². The van der Waals surface area contributed by atoms with Gasteiger partial charge in [0, 0.05) is 32.5 Å². The quantitative estimate of drug-likeness (QED) is 0.808. The van der Waals surface area contributed by atoms with Crippen LogP contribution in [0.4, 0.5) is 0 Å². The maximum atomic E-state index is 12.2. The number of aryl methyl sites for hydroxylation is 1. The molecule has 0 spiro atoms. The van der Waals surface area contributed by atoms with Crippen LogP contribution in [0.15, 0.2) is 4.52 Å². The predicted molar refractivity (Wildman–Crippen MR) is 79.2 cm³/mol. The minimum absolute atomic E-state index is 0.196. The molecule has 0 N–H and O–H groups in total. The summed E-state index contributed by atoms with van der Waals surface area (Å²) >= 11 is 0. The molecular weight excluding hydrogens is 284 g/mol. The molecule has 2 saturated heterocycles. The second-order valence-electron chi connectivity index (χ2n) is 5.84. The van der Waals surface area contributed by atoms with E-state index in [2.05, 4.69) is 15.0 Å². The highest BCUT2D eigenvalue weighted by Crippen LogP contribution is 2.30. The van der Waals surface area contributed by atoms with Gasteiger partial charge in [-0.2, -0.15) is 4.98 Å². The van der Waals surface area contributed by atoms with Crippen molar-refractivity contribution < 1.29 is 14.1 Å². The van der Waals surface area contributed by atoms with Crippen molar-refractivity contribution in [3.05, 3.63) is 11.7 Å². The molecule has 1 aromatic heterocycles. The summed E-state index contributed by atoms with van der Waals surface area (Å²) in [6.07, 6.45) is 3.46. The van der Waals surface area contributed by atoms with Gasteiger partial charge in [0.05, 0.1) is 19.3 Å². The predicted octanol–water partition coefficient (Wildman–Crippen LogP) is 1.02. The molecule has 1 aromatic rings. The fourth-order valence-electron chi connectivity index (χ4n) is 3.14. The second kappa shape index (κ2) is 7.19. The molecule has 0 bridgehead atoms. The zero-order valence-corrected chi connectivity index (χ0v) is 13.2. The van der Waals surface area contributed by atoms with Gasteiger partial charge in [0.15, 0.2) is 5.82 Å². The summed E-state index contributed by atoms with van der Waals surface area (Å²) in [4.78, 5) is 20.9. The van der Waals surface area contributed by atoms with Gasteiger partial charge in [-0.15, -0.1) is 0 Å². The van der Waals surface area contributed by atoms with Gasteiger partial charge in [-0.1, -0.05) is 12.1 Å². The van der Waals surface area contributed by atoms with Crippen LogP contribution in [0.5, 0.6) is 0 Å². The van der Waals surface area contributed by atoms with E-state index >= 15 is 0 Å². The van der Waals surface area contributed by atoms with Crippen LogP contribution in [0.1, 0.15) is 43.9 Å². The van der Waals surface area contributed by atoms with E-state index in [0.29, 0.717) is 38.6 Å². The minimum atomic E-state index is 0.196. The van der Waals surface area contributed by atoms with Crippen LogP contribution >= 0.6 is 0 Å². The molecular formula is C15H24N4O3. The zero-order chi connectivity index (χ0) is 15.4. The molecule has 7 heteroatoms. The molecule has 1 amide bonds. The van der Waals surface area contributed by atoms with Crippen molar-refractivity contribution in [1.29, 1.82) is 0 Å². The third kappa shape index (κ3) is 3.47. The fourth-order valence-corrected chi connectivity index (χ4v) is 3.14. The first kappa shape index (κ1) is 15.4. The van der Waals surface area contributed by atoms with Crippen molar-refractivity contribution in [2.75, 3.05) is 39.4 Å². The largest absolute Gasteiger partial charge is 0.378 e. The molecule has 122 valence electrons. The molecule has 2 aliphatic rings. The van der Waals surface area contributed by atoms with Gasteiger partial charge in [-0.05, 0) is 19.4 Å². The number of nitrogens with zero attached hydrogens (tertiary/aromatic N) is 4. The summed E-state index contributed by atoms with van der Waals surface area (Å²) in [7, 11) is 0. The lowest BCUT2D eigenvalue weighted by Gasteiger charge is -2.28. The topological polar surface area (TPSA) is 71.7 Å². The molecule has 1 atom stereocenters. The molecule has 0 aliphatic carbocycles. The Hall–Kier alpha value is -1.47. The van der Waals surface area contributed by atoms with E-state index in [1.54, 1.807) is 0 Å². The minimum Gasteiger partial charge on any atom is -0.378 e. The van der Waals surface area contributed by atoms with Gasteiger partial charge in [-0.25, -0.2) is 0 Å². The maximum Gasteiger partial charge on any atom is 0.226 e. The Balaban J connectivity index is 1.53. The monoisotopic (exact) mass is 308 g/mol. The van der Waals surface area contributed by atoms with Gasteiger partial charge in [0.25, 0.3) is 0 Å². The molecule has 2 fully saturated rings. The third-order valence-corrected chi connectivity index (χ3v) is 4.42. The van der Waals surface area contributed by atoms with E-state index in [9.17, 15) is 4.79 Å². The third-order valence-electron chi connectivity index (χ3n) is 4.42. The number of amides is 1. The summed E-state index contributed by atoms with van der Waals surface area (Å²) in [5.41, 5.74) is 0. The molecule has 2 aliphatic heterocycles. The smallest absolute Gasteiger partial charge is 0.226 e. The highest BCUT2D eigenvalue weighted by atomic mass is 16.5. The van der Waals surface area contributed by atoms with Gasteiger partial charge in [-0.3, -0.25) is 9.69 Å². The molecule has 1 unspecified atom stereocenters. The average molecular weight is 308 g/mol. The number of likely N-dealkylation sites (tertiary alicyclic amines) is 1. The van der Waals surface area contributed by atoms with Gasteiger partial charge >= 0.3 is 0 Å². The molecule has 3 heterocycles. The van der Waals surface area contributed by atoms with E-state index in [1.807, 2.05) is 11.8 Å². The van der Waals surface area contributed by atoms with E-state index in [1.165, 1.54) is 0 Å². The van der Waals surface area contributed by atoms with Crippen molar-refractivity contribution in [1.82, 2.24) is 19.9 Å². The Morgan fingerprint density at radius 1 is 1.32 bits per heavy atom. The SMILES string of the molecule is CCc1nc(C2CCCN2CCC(=O)N2CCOCC2)no1. The van der Waals surface area contributed by atoms with Crippen molar-refractivity contribution in [2.45, 2.75) is 38.6 Å². The second-order valence-corrected chi connectivity index (χ2v) is 5.84. The first-order valence-electron chi connectivity index (χ1n) is 8.20. The molecule has 0 saturated carbocycles. The summed E-state index contributed by atoms with van der Waals surface area (Å²) in [5, 5.41) is 4.10. The van der Waals surface area contributed by atoms with Gasteiger partial charge < -0.3 is 14.2 Å². The molecule has 7 nitrogen and oxygen atoms in total. The number of hydrogen-bond acceptors (Lipinski definition) is 6. The summed E-state index contributed by atoms with van der Waals surface area (Å²) in [5.74, 6) is 1.68. The first-order valence-corrected chi connectivity index (χ1v) is 8.20. The van der Waals surface area contributed by atoms with Crippen molar-refractivity contribution in [2.24, 2.45) is 0 Å². The summed E-state index contributed by atoms with van der Waals surface area (Å²) < 4.78 is 10.5. The lowest BCUT2D eigenvalue weighted by molar-refractivity contribution is -0.135. The standard InChI is InChI=1S/C15H24N4O3/c1-2-13-16-15(17-22-13)12-4-3-6-18(12)7-5-14(20)19-8-10-21-11-9-19/h12H,2-11H2,1H3. The molecule has 0 aromatic carbocycles. The zero-order valence-electron chi connectivity index (χ0n) is 13.2. The van der Waals surface area contributed by atoms with Crippen LogP contribution < -0.4 is 0 Å². The maximum absolute atomic E-state index is 12.2. The van der Waals surface area contributed by atoms with E-state index < -0.39 is 0 Å². The number of rotatable bonds is 5. The van der Waals surface area contributed by atoms with E-state index in [0.717, 1.165) is 38.2 Å². The van der Waals surface area contributed by atoms with Crippen molar-refractivity contribution in [3.8, 4) is 0 Å². The Morgan fingerprint density at radius 3 is 2.86 bits per heavy atom. The van der Waals surface area contributed by atoms with Crippen LogP contribution in [0.25, 0.3) is 0 Å². The lowest BCUT2D eigenvalue weighted by Crippen LogP contribution is -2.42. The van der Waals surface area contributed by atoms with E-state index in [-0.39, 0.29) is 11.9 Å². The van der Waals surface area contributed by atoms with E-state index in [4.69, 9.17) is 9.26 Å². The first-order chi connectivity index (χ1) is 10.8. The van der Waals surface area contributed by atoms with Crippen LogP contribution in [-0.2, 0) is 16.0 Å². The van der Waals surface area contributed by atoms with Crippen LogP contribution in [0, 0.1) is 0 Å². The summed E-state index contributed by atoms with van der Waals surface area (Å²) in [6, 6.07) is 0.196. The normalized spacial score (nSPS) is 23.1. The Kier molecular flexibility index (Phi) is 5.04. The highest BCUT2D eigenvalue weighted by molar-refractivity contribution is 5.76. The number of morpholine rings is 1. The van der Waals surface area contributed by atoms with Crippen LogP contribution in [0.2, 0.25) is 0 Å². The number of carbonyl (C=O) groups excluding carboxylic acids is 1. The average Bonchev–Trinajstić information content (AvgIpc) is 3.21. The van der Waals surface area contributed by atoms with Crippen LogP contribution in [0.3, 0.4) is 0 Å². The Bertz CT molecular complexity index is 499. The fraction of sp³-hybridized carbons (Fsp3) is 0.800. The van der Waals surface area contributed by atoms with Crippen molar-refractivity contribution >= 4 is 5.91 Å². The number of ether oxygens (including phenoxy) is 1. The van der Waals surface area contributed by atoms with Crippen LogP contribution in [-0.4, -0.2) is 65.2 Å². The molecule has 0 radical (unpaired) electrons. The number of hydrogen-bond donors (Lipinski definition) is 0. The lowest BCUT2D eigenvalue weighted by atomic mass is 10.2. The Morgan fingerprint density at radius 2 is 2.14 bits per heavy atom. The highest BCUT2D eigenvalue weighted by Gasteiger charge is 2.30. The Labute approximate surface area is 130 Å².